The Bertz CT molecular complexity index is 234. The first-order valence-corrected chi connectivity index (χ1v) is 4.72. The maximum atomic E-state index is 11.6. The van der Waals surface area contributed by atoms with Crippen molar-refractivity contribution in [1.29, 1.82) is 0 Å². The van der Waals surface area contributed by atoms with Crippen LogP contribution in [-0.4, -0.2) is 12.3 Å². The van der Waals surface area contributed by atoms with Gasteiger partial charge in [0.15, 0.2) is 5.78 Å². The number of Topliss-reactive ketones (excluding diaryl/α,β-unsaturated/α-hetero) is 1. The molecule has 4 heteroatoms. The standard InChI is InChI=1S/C10H19N3O/c1-4-6-7-9(14)10(13-11)8(3)12-5-2/h4,12-13H,1,5-7,11H2,2-3H3/b10-8-. The van der Waals surface area contributed by atoms with E-state index in [1.54, 1.807) is 6.08 Å². The van der Waals surface area contributed by atoms with Gasteiger partial charge in [-0.2, -0.15) is 0 Å². The molecular weight excluding hydrogens is 178 g/mol. The number of hydrazine groups is 1. The molecule has 0 spiro atoms. The summed E-state index contributed by atoms with van der Waals surface area (Å²) in [6.45, 7) is 8.12. The van der Waals surface area contributed by atoms with Gasteiger partial charge in [0.05, 0.1) is 0 Å². The Morgan fingerprint density at radius 3 is 2.64 bits per heavy atom. The number of hydrogen-bond donors (Lipinski definition) is 3. The number of rotatable bonds is 7. The fraction of sp³-hybridized carbons (Fsp3) is 0.500. The highest BCUT2D eigenvalue weighted by atomic mass is 16.1. The largest absolute Gasteiger partial charge is 0.387 e. The third kappa shape index (κ3) is 4.09. The highest BCUT2D eigenvalue weighted by Crippen LogP contribution is 2.03. The van der Waals surface area contributed by atoms with Crippen LogP contribution >= 0.6 is 0 Å². The van der Waals surface area contributed by atoms with Crippen molar-refractivity contribution in [2.75, 3.05) is 6.54 Å². The third-order valence-corrected chi connectivity index (χ3v) is 1.82. The van der Waals surface area contributed by atoms with E-state index in [9.17, 15) is 4.79 Å². The molecule has 0 unspecified atom stereocenters. The van der Waals surface area contributed by atoms with Gasteiger partial charge in [-0.3, -0.25) is 10.6 Å². The van der Waals surface area contributed by atoms with Gasteiger partial charge in [0, 0.05) is 18.7 Å². The third-order valence-electron chi connectivity index (χ3n) is 1.82. The van der Waals surface area contributed by atoms with Gasteiger partial charge in [0.25, 0.3) is 0 Å². The first-order valence-electron chi connectivity index (χ1n) is 4.72. The number of carbonyl (C=O) groups excluding carboxylic acids is 1. The van der Waals surface area contributed by atoms with Gasteiger partial charge in [-0.05, 0) is 20.3 Å². The minimum absolute atomic E-state index is 0.00542. The highest BCUT2D eigenvalue weighted by Gasteiger charge is 2.10. The minimum atomic E-state index is 0.00542. The SMILES string of the molecule is C=CCCC(=O)/C(NN)=C(\C)NCC. The van der Waals surface area contributed by atoms with Crippen LogP contribution in [-0.2, 0) is 4.79 Å². The number of allylic oxidation sites excluding steroid dienone is 3. The van der Waals surface area contributed by atoms with Crippen molar-refractivity contribution in [3.63, 3.8) is 0 Å². The van der Waals surface area contributed by atoms with E-state index in [-0.39, 0.29) is 5.78 Å². The van der Waals surface area contributed by atoms with Crippen molar-refractivity contribution < 1.29 is 4.79 Å². The van der Waals surface area contributed by atoms with Crippen molar-refractivity contribution in [2.24, 2.45) is 5.84 Å². The minimum Gasteiger partial charge on any atom is -0.387 e. The molecule has 0 bridgehead atoms. The molecule has 0 aliphatic carbocycles. The molecule has 14 heavy (non-hydrogen) atoms. The molecule has 0 aromatic rings. The van der Waals surface area contributed by atoms with Gasteiger partial charge in [-0.1, -0.05) is 6.08 Å². The summed E-state index contributed by atoms with van der Waals surface area (Å²) in [6, 6.07) is 0. The molecule has 0 radical (unpaired) electrons. The maximum Gasteiger partial charge on any atom is 0.182 e. The Kier molecular flexibility index (Phi) is 6.49. The van der Waals surface area contributed by atoms with Crippen LogP contribution in [0.1, 0.15) is 26.7 Å². The summed E-state index contributed by atoms with van der Waals surface area (Å²) in [4.78, 5) is 11.6. The van der Waals surface area contributed by atoms with Crippen LogP contribution in [0.25, 0.3) is 0 Å². The Morgan fingerprint density at radius 1 is 1.57 bits per heavy atom. The van der Waals surface area contributed by atoms with Crippen LogP contribution in [0.4, 0.5) is 0 Å². The van der Waals surface area contributed by atoms with Crippen molar-refractivity contribution >= 4 is 5.78 Å². The lowest BCUT2D eigenvalue weighted by Crippen LogP contribution is -2.31. The second-order valence-electron chi connectivity index (χ2n) is 2.93. The molecule has 80 valence electrons. The zero-order valence-electron chi connectivity index (χ0n) is 8.89. The van der Waals surface area contributed by atoms with Crippen LogP contribution in [0.3, 0.4) is 0 Å². The average Bonchev–Trinajstić information content (AvgIpc) is 2.16. The maximum absolute atomic E-state index is 11.6. The Morgan fingerprint density at radius 2 is 2.21 bits per heavy atom. The van der Waals surface area contributed by atoms with E-state index >= 15 is 0 Å². The number of hydrogen-bond acceptors (Lipinski definition) is 4. The molecule has 0 aliphatic heterocycles. The molecule has 0 rings (SSSR count). The lowest BCUT2D eigenvalue weighted by atomic mass is 10.1. The van der Waals surface area contributed by atoms with Crippen molar-refractivity contribution in [3.05, 3.63) is 24.0 Å². The molecule has 0 amide bonds. The zero-order chi connectivity index (χ0) is 11.0. The normalized spacial score (nSPS) is 11.6. The summed E-state index contributed by atoms with van der Waals surface area (Å²) in [6.07, 6.45) is 2.82. The lowest BCUT2D eigenvalue weighted by Gasteiger charge is -2.10. The molecule has 0 aromatic carbocycles. The molecule has 4 N–H and O–H groups in total. The Balaban J connectivity index is 4.44. The fourth-order valence-corrected chi connectivity index (χ4v) is 1.11. The predicted molar refractivity (Wildman–Crippen MR) is 58.1 cm³/mol. The van der Waals surface area contributed by atoms with Crippen LogP contribution in [0, 0.1) is 0 Å². The van der Waals surface area contributed by atoms with E-state index in [0.717, 1.165) is 12.2 Å². The van der Waals surface area contributed by atoms with Crippen LogP contribution in [0.5, 0.6) is 0 Å². The van der Waals surface area contributed by atoms with Crippen LogP contribution < -0.4 is 16.6 Å². The van der Waals surface area contributed by atoms with E-state index in [4.69, 9.17) is 5.84 Å². The molecule has 4 nitrogen and oxygen atoms in total. The van der Waals surface area contributed by atoms with Gasteiger partial charge in [-0.15, -0.1) is 6.58 Å². The molecule has 0 aliphatic rings. The van der Waals surface area contributed by atoms with Gasteiger partial charge >= 0.3 is 0 Å². The average molecular weight is 197 g/mol. The summed E-state index contributed by atoms with van der Waals surface area (Å²) >= 11 is 0. The van der Waals surface area contributed by atoms with Gasteiger partial charge in [-0.25, -0.2) is 0 Å². The van der Waals surface area contributed by atoms with Crippen molar-refractivity contribution in [2.45, 2.75) is 26.7 Å². The fourth-order valence-electron chi connectivity index (χ4n) is 1.11. The van der Waals surface area contributed by atoms with Crippen LogP contribution in [0.2, 0.25) is 0 Å². The van der Waals surface area contributed by atoms with Crippen LogP contribution in [0.15, 0.2) is 24.0 Å². The van der Waals surface area contributed by atoms with E-state index in [1.165, 1.54) is 0 Å². The van der Waals surface area contributed by atoms with E-state index in [2.05, 4.69) is 17.3 Å². The number of ketones is 1. The first kappa shape index (κ1) is 12.7. The summed E-state index contributed by atoms with van der Waals surface area (Å²) in [5, 5.41) is 3.04. The summed E-state index contributed by atoms with van der Waals surface area (Å²) in [5.74, 6) is 5.29. The number of nitrogens with two attached hydrogens (primary N) is 1. The highest BCUT2D eigenvalue weighted by molar-refractivity contribution is 5.95. The van der Waals surface area contributed by atoms with Crippen molar-refractivity contribution in [3.8, 4) is 0 Å². The quantitative estimate of drug-likeness (QED) is 0.245. The van der Waals surface area contributed by atoms with Gasteiger partial charge < -0.3 is 10.7 Å². The first-order chi connectivity index (χ1) is 6.67. The Labute approximate surface area is 85.2 Å². The molecule has 0 aromatic heterocycles. The van der Waals surface area contributed by atoms with Gasteiger partial charge in [0.2, 0.25) is 0 Å². The predicted octanol–water partition coefficient (Wildman–Crippen LogP) is 0.826. The smallest absolute Gasteiger partial charge is 0.182 e. The molecule has 0 saturated heterocycles. The molecule has 0 atom stereocenters. The number of nitrogens with one attached hydrogen (secondary N) is 2. The summed E-state index contributed by atoms with van der Waals surface area (Å²) in [5.41, 5.74) is 3.66. The Hall–Kier alpha value is -1.29. The van der Waals surface area contributed by atoms with E-state index < -0.39 is 0 Å². The molecule has 0 fully saturated rings. The number of carbonyl (C=O) groups is 1. The zero-order valence-corrected chi connectivity index (χ0v) is 8.89. The topological polar surface area (TPSA) is 67.2 Å². The molecule has 0 heterocycles. The van der Waals surface area contributed by atoms with E-state index in [0.29, 0.717) is 18.5 Å². The van der Waals surface area contributed by atoms with Gasteiger partial charge in [0.1, 0.15) is 5.70 Å². The summed E-state index contributed by atoms with van der Waals surface area (Å²) in [7, 11) is 0. The molecular formula is C10H19N3O. The lowest BCUT2D eigenvalue weighted by molar-refractivity contribution is -0.115. The van der Waals surface area contributed by atoms with Crippen molar-refractivity contribution in [1.82, 2.24) is 10.7 Å². The second-order valence-corrected chi connectivity index (χ2v) is 2.93. The monoisotopic (exact) mass is 197 g/mol. The molecule has 0 saturated carbocycles. The second kappa shape index (κ2) is 7.15. The summed E-state index contributed by atoms with van der Waals surface area (Å²) < 4.78 is 0. The van der Waals surface area contributed by atoms with E-state index in [1.807, 2.05) is 13.8 Å².